The van der Waals surface area contributed by atoms with E-state index in [2.05, 4.69) is 220 Å². The molecule has 63 heavy (non-hydrogen) atoms. The molecule has 0 unspecified atom stereocenters. The van der Waals surface area contributed by atoms with Crippen LogP contribution in [-0.2, 0) is 5.41 Å². The number of fused-ring (bicyclic) bond motifs is 3. The Hall–Kier alpha value is -7.94. The lowest BCUT2D eigenvalue weighted by atomic mass is 9.81. The first-order valence-electron chi connectivity index (χ1n) is 21.7. The topological polar surface area (TPSA) is 25.8 Å². The molecule has 1 heterocycles. The standard InChI is InChI=1S/C61H44N2/c1-61(2)55-29-16-15-28-51(55)54-37-49(34-35-56(54)61)53-39-50(41-18-7-3-8-19-41)38-52(59(53)45-22-11-5-12-23-45)48-27-17-26-47(36-48)42-30-32-44(33-31-42)58-40-57(43-20-9-4-10-21-43)62-60(63-58)46-24-13-6-14-25-46/h3-40H,1-2H3. The Bertz CT molecular complexity index is 3200. The van der Waals surface area contributed by atoms with E-state index in [1.165, 1.54) is 61.2 Å². The normalized spacial score (nSPS) is 12.4. The van der Waals surface area contributed by atoms with E-state index in [9.17, 15) is 0 Å². The van der Waals surface area contributed by atoms with Crippen molar-refractivity contribution < 1.29 is 0 Å². The third kappa shape index (κ3) is 7.06. The minimum atomic E-state index is -0.0621. The third-order valence-corrected chi connectivity index (χ3v) is 12.7. The van der Waals surface area contributed by atoms with E-state index in [0.717, 1.165) is 44.8 Å². The summed E-state index contributed by atoms with van der Waals surface area (Å²) in [4.78, 5) is 10.1. The molecular formula is C61H44N2. The average Bonchev–Trinajstić information content (AvgIpc) is 3.59. The fourth-order valence-corrected chi connectivity index (χ4v) is 9.47. The molecule has 10 aromatic rings. The quantitative estimate of drug-likeness (QED) is 0.153. The van der Waals surface area contributed by atoms with Crippen molar-refractivity contribution in [3.8, 4) is 101 Å². The van der Waals surface area contributed by atoms with Crippen LogP contribution in [0, 0.1) is 0 Å². The van der Waals surface area contributed by atoms with Gasteiger partial charge >= 0.3 is 0 Å². The monoisotopic (exact) mass is 804 g/mol. The van der Waals surface area contributed by atoms with Crippen LogP contribution >= 0.6 is 0 Å². The summed E-state index contributed by atoms with van der Waals surface area (Å²) in [5.74, 6) is 0.712. The van der Waals surface area contributed by atoms with Crippen molar-refractivity contribution in [2.24, 2.45) is 0 Å². The van der Waals surface area contributed by atoms with Gasteiger partial charge in [-0.2, -0.15) is 0 Å². The van der Waals surface area contributed by atoms with E-state index >= 15 is 0 Å². The Morgan fingerprint density at radius 3 is 1.35 bits per heavy atom. The molecule has 2 heteroatoms. The van der Waals surface area contributed by atoms with Gasteiger partial charge in [-0.1, -0.05) is 214 Å². The Kier molecular flexibility index (Phi) is 9.55. The molecular weight excluding hydrogens is 761 g/mol. The zero-order valence-electron chi connectivity index (χ0n) is 35.3. The van der Waals surface area contributed by atoms with E-state index in [4.69, 9.17) is 9.97 Å². The summed E-state index contributed by atoms with van der Waals surface area (Å²) < 4.78 is 0. The van der Waals surface area contributed by atoms with Gasteiger partial charge in [0, 0.05) is 22.1 Å². The van der Waals surface area contributed by atoms with Crippen molar-refractivity contribution in [2.75, 3.05) is 0 Å². The summed E-state index contributed by atoms with van der Waals surface area (Å²) in [5, 5.41) is 0. The fraction of sp³-hybridized carbons (Fsp3) is 0.0492. The maximum atomic E-state index is 5.09. The van der Waals surface area contributed by atoms with Gasteiger partial charge in [-0.15, -0.1) is 0 Å². The van der Waals surface area contributed by atoms with Gasteiger partial charge in [-0.25, -0.2) is 9.97 Å². The summed E-state index contributed by atoms with van der Waals surface area (Å²) in [6.07, 6.45) is 0. The largest absolute Gasteiger partial charge is 0.228 e. The third-order valence-electron chi connectivity index (χ3n) is 12.7. The van der Waals surface area contributed by atoms with Crippen LogP contribution in [0.4, 0.5) is 0 Å². The second kappa shape index (κ2) is 15.8. The number of hydrogen-bond acceptors (Lipinski definition) is 2. The second-order valence-corrected chi connectivity index (χ2v) is 17.0. The molecule has 298 valence electrons. The maximum absolute atomic E-state index is 5.09. The molecule has 0 bridgehead atoms. The Labute approximate surface area is 369 Å². The minimum Gasteiger partial charge on any atom is -0.228 e. The maximum Gasteiger partial charge on any atom is 0.160 e. The predicted molar refractivity (Wildman–Crippen MR) is 263 cm³/mol. The fourth-order valence-electron chi connectivity index (χ4n) is 9.47. The highest BCUT2D eigenvalue weighted by Gasteiger charge is 2.35. The van der Waals surface area contributed by atoms with Crippen LogP contribution in [-0.4, -0.2) is 9.97 Å². The molecule has 0 fully saturated rings. The number of aromatic nitrogens is 2. The van der Waals surface area contributed by atoms with Crippen molar-refractivity contribution in [1.82, 2.24) is 9.97 Å². The lowest BCUT2D eigenvalue weighted by Crippen LogP contribution is -2.14. The van der Waals surface area contributed by atoms with Gasteiger partial charge in [-0.05, 0) is 108 Å². The summed E-state index contributed by atoms with van der Waals surface area (Å²) >= 11 is 0. The molecule has 1 aromatic heterocycles. The van der Waals surface area contributed by atoms with Crippen LogP contribution in [0.25, 0.3) is 101 Å². The molecule has 0 saturated heterocycles. The van der Waals surface area contributed by atoms with Crippen molar-refractivity contribution >= 4 is 0 Å². The van der Waals surface area contributed by atoms with Crippen molar-refractivity contribution in [3.05, 3.63) is 242 Å². The van der Waals surface area contributed by atoms with Crippen LogP contribution < -0.4 is 0 Å². The number of benzene rings is 9. The Balaban J connectivity index is 1.04. The first kappa shape index (κ1) is 38.0. The zero-order chi connectivity index (χ0) is 42.3. The van der Waals surface area contributed by atoms with Gasteiger partial charge in [0.1, 0.15) is 0 Å². The number of rotatable bonds is 8. The lowest BCUT2D eigenvalue weighted by molar-refractivity contribution is 0.660. The first-order chi connectivity index (χ1) is 31.0. The Morgan fingerprint density at radius 1 is 0.270 bits per heavy atom. The smallest absolute Gasteiger partial charge is 0.160 e. The molecule has 0 saturated carbocycles. The van der Waals surface area contributed by atoms with E-state index < -0.39 is 0 Å². The van der Waals surface area contributed by atoms with Crippen molar-refractivity contribution in [3.63, 3.8) is 0 Å². The number of hydrogen-bond donors (Lipinski definition) is 0. The highest BCUT2D eigenvalue weighted by Crippen LogP contribution is 2.51. The second-order valence-electron chi connectivity index (χ2n) is 17.0. The molecule has 0 radical (unpaired) electrons. The molecule has 11 rings (SSSR count). The van der Waals surface area contributed by atoms with Crippen LogP contribution in [0.15, 0.2) is 231 Å². The van der Waals surface area contributed by atoms with Crippen LogP contribution in [0.2, 0.25) is 0 Å². The summed E-state index contributed by atoms with van der Waals surface area (Å²) in [6, 6.07) is 83.0. The van der Waals surface area contributed by atoms with Crippen LogP contribution in [0.3, 0.4) is 0 Å². The molecule has 1 aliphatic carbocycles. The molecule has 9 aromatic carbocycles. The summed E-state index contributed by atoms with van der Waals surface area (Å²) in [7, 11) is 0. The van der Waals surface area contributed by atoms with Gasteiger partial charge < -0.3 is 0 Å². The highest BCUT2D eigenvalue weighted by molar-refractivity contribution is 5.99. The molecule has 0 spiro atoms. The molecule has 1 aliphatic rings. The summed E-state index contributed by atoms with van der Waals surface area (Å²) in [5.41, 5.74) is 22.1. The van der Waals surface area contributed by atoms with Gasteiger partial charge in [-0.3, -0.25) is 0 Å². The highest BCUT2D eigenvalue weighted by atomic mass is 14.9. The van der Waals surface area contributed by atoms with E-state index in [-0.39, 0.29) is 5.41 Å². The summed E-state index contributed by atoms with van der Waals surface area (Å²) in [6.45, 7) is 4.70. The molecule has 2 nitrogen and oxygen atoms in total. The van der Waals surface area contributed by atoms with E-state index in [0.29, 0.717) is 5.82 Å². The van der Waals surface area contributed by atoms with E-state index in [1.807, 2.05) is 24.3 Å². The predicted octanol–water partition coefficient (Wildman–Crippen LogP) is 16.1. The SMILES string of the molecule is CC1(C)c2ccccc2-c2cc(-c3cc(-c4ccccc4)cc(-c4cccc(-c5ccc(-c6cc(-c7ccccc7)nc(-c7ccccc7)n6)cc5)c4)c3-c3ccccc3)ccc21. The first-order valence-corrected chi connectivity index (χ1v) is 21.7. The molecule has 0 amide bonds. The molecule has 0 aliphatic heterocycles. The van der Waals surface area contributed by atoms with Crippen molar-refractivity contribution in [1.29, 1.82) is 0 Å². The van der Waals surface area contributed by atoms with Gasteiger partial charge in [0.25, 0.3) is 0 Å². The van der Waals surface area contributed by atoms with Crippen LogP contribution in [0.5, 0.6) is 0 Å². The molecule has 0 atom stereocenters. The Morgan fingerprint density at radius 2 is 0.698 bits per heavy atom. The van der Waals surface area contributed by atoms with Crippen molar-refractivity contribution in [2.45, 2.75) is 19.3 Å². The van der Waals surface area contributed by atoms with Gasteiger partial charge in [0.15, 0.2) is 5.82 Å². The van der Waals surface area contributed by atoms with Crippen LogP contribution in [0.1, 0.15) is 25.0 Å². The van der Waals surface area contributed by atoms with E-state index in [1.54, 1.807) is 0 Å². The minimum absolute atomic E-state index is 0.0621. The molecule has 0 N–H and O–H groups in total. The van der Waals surface area contributed by atoms with Gasteiger partial charge in [0.05, 0.1) is 11.4 Å². The zero-order valence-corrected chi connectivity index (χ0v) is 35.3. The lowest BCUT2D eigenvalue weighted by Gasteiger charge is -2.22. The van der Waals surface area contributed by atoms with Gasteiger partial charge in [0.2, 0.25) is 0 Å². The number of nitrogens with zero attached hydrogens (tertiary/aromatic N) is 2. The average molecular weight is 805 g/mol.